The largest absolute Gasteiger partial charge is 0.506 e. The number of halogens is 1. The van der Waals surface area contributed by atoms with E-state index in [1.54, 1.807) is 6.92 Å². The molecule has 7 nitrogen and oxygen atoms in total. The van der Waals surface area contributed by atoms with Gasteiger partial charge in [0.2, 0.25) is 5.91 Å². The third-order valence-corrected chi connectivity index (χ3v) is 4.88. The third-order valence-electron chi connectivity index (χ3n) is 3.94. The first-order chi connectivity index (χ1) is 12.2. The first-order valence-corrected chi connectivity index (χ1v) is 9.47. The molecule has 9 heteroatoms. The summed E-state index contributed by atoms with van der Waals surface area (Å²) in [5.41, 5.74) is 0.0415. The molecule has 2 rings (SSSR count). The average Bonchev–Trinajstić information content (AvgIpc) is 2.57. The molecule has 0 aliphatic rings. The number of aromatic hydroxyl groups is 1. The molecule has 0 spiro atoms. The zero-order valence-electron chi connectivity index (χ0n) is 14.2. The van der Waals surface area contributed by atoms with Crippen molar-refractivity contribution in [3.8, 4) is 5.75 Å². The Labute approximate surface area is 158 Å². The van der Waals surface area contributed by atoms with Gasteiger partial charge in [-0.2, -0.15) is 11.8 Å². The van der Waals surface area contributed by atoms with Crippen LogP contribution in [0.3, 0.4) is 0 Å². The van der Waals surface area contributed by atoms with E-state index in [-0.39, 0.29) is 34.8 Å². The summed E-state index contributed by atoms with van der Waals surface area (Å²) in [5, 5.41) is 21.8. The van der Waals surface area contributed by atoms with Crippen LogP contribution in [0.25, 0.3) is 11.0 Å². The number of carbonyl (C=O) groups excluding carboxylic acids is 1. The molecule has 0 fully saturated rings. The fourth-order valence-electron chi connectivity index (χ4n) is 2.50. The molecule has 1 aromatic heterocycles. The van der Waals surface area contributed by atoms with Gasteiger partial charge in [-0.05, 0) is 37.0 Å². The van der Waals surface area contributed by atoms with E-state index < -0.39 is 23.5 Å². The molecule has 0 bridgehead atoms. The Bertz CT molecular complexity index is 910. The molecular weight excluding hydrogens is 382 g/mol. The summed E-state index contributed by atoms with van der Waals surface area (Å²) in [6.07, 6.45) is 1.81. The number of hydrogen-bond acceptors (Lipinski definition) is 6. The molecule has 1 heterocycles. The number of phenolic OH excluding ortho intramolecular Hbond substituents is 1. The van der Waals surface area contributed by atoms with Crippen LogP contribution >= 0.6 is 23.4 Å². The Kier molecular flexibility index (Phi) is 6.55. The maximum absolute atomic E-state index is 12.2. The minimum atomic E-state index is -1.13. The number of carboxylic acids is 1. The van der Waals surface area contributed by atoms with E-state index in [0.29, 0.717) is 16.7 Å². The number of rotatable bonds is 7. The van der Waals surface area contributed by atoms with Crippen molar-refractivity contribution in [1.29, 1.82) is 0 Å². The number of aliphatic carboxylic acids is 1. The smallest absolute Gasteiger partial charge is 0.340 e. The molecule has 26 heavy (non-hydrogen) atoms. The second-order valence-electron chi connectivity index (χ2n) is 5.71. The molecule has 140 valence electrons. The zero-order chi connectivity index (χ0) is 19.4. The summed E-state index contributed by atoms with van der Waals surface area (Å²) in [4.78, 5) is 35.6. The van der Waals surface area contributed by atoms with Crippen molar-refractivity contribution in [3.63, 3.8) is 0 Å². The number of benzene rings is 1. The van der Waals surface area contributed by atoms with Crippen LogP contribution in [-0.2, 0) is 16.0 Å². The van der Waals surface area contributed by atoms with Crippen molar-refractivity contribution in [2.24, 2.45) is 0 Å². The number of hydrogen-bond donors (Lipinski definition) is 3. The van der Waals surface area contributed by atoms with Gasteiger partial charge in [-0.3, -0.25) is 4.79 Å². The lowest BCUT2D eigenvalue weighted by molar-refractivity contribution is -0.141. The summed E-state index contributed by atoms with van der Waals surface area (Å²) >= 11 is 7.37. The molecule has 0 aliphatic heterocycles. The number of aryl methyl sites for hydroxylation is 1. The Morgan fingerprint density at radius 1 is 1.38 bits per heavy atom. The molecule has 1 aromatic carbocycles. The molecule has 1 atom stereocenters. The van der Waals surface area contributed by atoms with Gasteiger partial charge < -0.3 is 19.9 Å². The monoisotopic (exact) mass is 399 g/mol. The molecule has 2 aromatic rings. The van der Waals surface area contributed by atoms with Crippen molar-refractivity contribution < 1.29 is 24.2 Å². The van der Waals surface area contributed by atoms with E-state index in [4.69, 9.17) is 16.0 Å². The predicted octanol–water partition coefficient (Wildman–Crippen LogP) is 2.33. The van der Waals surface area contributed by atoms with E-state index in [0.717, 1.165) is 0 Å². The summed E-state index contributed by atoms with van der Waals surface area (Å²) in [6.45, 7) is 1.64. The van der Waals surface area contributed by atoms with Crippen molar-refractivity contribution in [2.75, 3.05) is 12.0 Å². The van der Waals surface area contributed by atoms with E-state index in [9.17, 15) is 24.6 Å². The van der Waals surface area contributed by atoms with Gasteiger partial charge in [0.1, 0.15) is 17.4 Å². The molecule has 0 radical (unpaired) electrons. The molecule has 0 aliphatic carbocycles. The highest BCUT2D eigenvalue weighted by Gasteiger charge is 2.22. The van der Waals surface area contributed by atoms with E-state index >= 15 is 0 Å². The van der Waals surface area contributed by atoms with Crippen LogP contribution in [0.1, 0.15) is 17.5 Å². The molecule has 0 unspecified atom stereocenters. The van der Waals surface area contributed by atoms with Crippen molar-refractivity contribution in [3.05, 3.63) is 38.7 Å². The standard InChI is InChI=1S/C17H18ClNO6S/c1-8-9-5-11(18)13(20)7-14(9)25-17(24)10(8)6-15(21)19-12(16(22)23)3-4-26-2/h5,7,12,20H,3-4,6H2,1-2H3,(H,19,21)(H,22,23)/t12-/m1/s1. The predicted molar refractivity (Wildman–Crippen MR) is 100 cm³/mol. The van der Waals surface area contributed by atoms with E-state index in [1.807, 2.05) is 6.26 Å². The second kappa shape index (κ2) is 8.46. The van der Waals surface area contributed by atoms with E-state index in [2.05, 4.69) is 5.32 Å². The zero-order valence-corrected chi connectivity index (χ0v) is 15.7. The van der Waals surface area contributed by atoms with Gasteiger partial charge in [0, 0.05) is 11.5 Å². The highest BCUT2D eigenvalue weighted by Crippen LogP contribution is 2.30. The quantitative estimate of drug-likeness (QED) is 0.611. The minimum Gasteiger partial charge on any atom is -0.506 e. The summed E-state index contributed by atoms with van der Waals surface area (Å²) in [7, 11) is 0. The van der Waals surface area contributed by atoms with Gasteiger partial charge in [0.25, 0.3) is 0 Å². The van der Waals surface area contributed by atoms with Gasteiger partial charge >= 0.3 is 11.6 Å². The lowest BCUT2D eigenvalue weighted by atomic mass is 10.0. The van der Waals surface area contributed by atoms with Gasteiger partial charge in [-0.1, -0.05) is 11.6 Å². The van der Waals surface area contributed by atoms with Crippen LogP contribution in [0.5, 0.6) is 5.75 Å². The number of nitrogens with one attached hydrogen (secondary N) is 1. The van der Waals surface area contributed by atoms with Gasteiger partial charge in [0.15, 0.2) is 0 Å². The fourth-order valence-corrected chi connectivity index (χ4v) is 3.14. The van der Waals surface area contributed by atoms with Crippen molar-refractivity contribution in [1.82, 2.24) is 5.32 Å². The minimum absolute atomic E-state index is 0.0906. The average molecular weight is 400 g/mol. The second-order valence-corrected chi connectivity index (χ2v) is 7.10. The number of carboxylic acid groups (broad SMARTS) is 1. The number of amides is 1. The number of phenols is 1. The highest BCUT2D eigenvalue weighted by molar-refractivity contribution is 7.98. The summed E-state index contributed by atoms with van der Waals surface area (Å²) in [5.74, 6) is -1.35. The molecular formula is C17H18ClNO6S. The maximum atomic E-state index is 12.2. The van der Waals surface area contributed by atoms with Gasteiger partial charge in [-0.15, -0.1) is 0 Å². The third kappa shape index (κ3) is 4.50. The Hall–Kier alpha value is -2.19. The van der Waals surface area contributed by atoms with Crippen molar-refractivity contribution >= 4 is 46.2 Å². The Morgan fingerprint density at radius 2 is 2.08 bits per heavy atom. The van der Waals surface area contributed by atoms with Crippen LogP contribution in [0.4, 0.5) is 0 Å². The van der Waals surface area contributed by atoms with Crippen molar-refractivity contribution in [2.45, 2.75) is 25.8 Å². The lowest BCUT2D eigenvalue weighted by Gasteiger charge is -2.14. The number of carbonyl (C=O) groups is 2. The SMILES string of the molecule is CSCC[C@@H](NC(=O)Cc1c(C)c2cc(Cl)c(O)cc2oc1=O)C(=O)O. The van der Waals surface area contributed by atoms with Gasteiger partial charge in [-0.25, -0.2) is 9.59 Å². The summed E-state index contributed by atoms with van der Waals surface area (Å²) < 4.78 is 5.15. The Morgan fingerprint density at radius 3 is 2.69 bits per heavy atom. The first kappa shape index (κ1) is 20.1. The molecule has 0 saturated carbocycles. The highest BCUT2D eigenvalue weighted by atomic mass is 35.5. The van der Waals surface area contributed by atoms with Crippen LogP contribution < -0.4 is 10.9 Å². The van der Waals surface area contributed by atoms with Crippen LogP contribution in [0, 0.1) is 6.92 Å². The lowest BCUT2D eigenvalue weighted by Crippen LogP contribution is -2.42. The topological polar surface area (TPSA) is 117 Å². The first-order valence-electron chi connectivity index (χ1n) is 7.70. The number of thioether (sulfide) groups is 1. The van der Waals surface area contributed by atoms with Crippen LogP contribution in [0.15, 0.2) is 21.3 Å². The molecule has 0 saturated heterocycles. The van der Waals surface area contributed by atoms with Crippen LogP contribution in [0.2, 0.25) is 5.02 Å². The normalized spacial score (nSPS) is 12.1. The summed E-state index contributed by atoms with van der Waals surface area (Å²) in [6, 6.07) is 1.66. The maximum Gasteiger partial charge on any atom is 0.340 e. The number of fused-ring (bicyclic) bond motifs is 1. The van der Waals surface area contributed by atoms with Crippen LogP contribution in [-0.4, -0.2) is 40.1 Å². The Balaban J connectivity index is 2.29. The van der Waals surface area contributed by atoms with E-state index in [1.165, 1.54) is 23.9 Å². The van der Waals surface area contributed by atoms with Gasteiger partial charge in [0.05, 0.1) is 17.0 Å². The fraction of sp³-hybridized carbons (Fsp3) is 0.353. The molecule has 1 amide bonds. The molecule has 3 N–H and O–H groups in total.